The van der Waals surface area contributed by atoms with Crippen molar-refractivity contribution in [3.05, 3.63) is 29.3 Å². The molecule has 1 aliphatic heterocycles. The highest BCUT2D eigenvalue weighted by Gasteiger charge is 2.22. The Bertz CT molecular complexity index is 398. The summed E-state index contributed by atoms with van der Waals surface area (Å²) in [6.07, 6.45) is 2.65. The van der Waals surface area contributed by atoms with Gasteiger partial charge in [-0.2, -0.15) is 0 Å². The van der Waals surface area contributed by atoms with Crippen LogP contribution in [0.1, 0.15) is 44.7 Å². The summed E-state index contributed by atoms with van der Waals surface area (Å²) in [5, 5.41) is 3.54. The van der Waals surface area contributed by atoms with Gasteiger partial charge in [-0.3, -0.25) is 0 Å². The fourth-order valence-corrected chi connectivity index (χ4v) is 2.74. The van der Waals surface area contributed by atoms with E-state index in [9.17, 15) is 0 Å². The summed E-state index contributed by atoms with van der Waals surface area (Å²) in [5.41, 5.74) is 4.22. The van der Waals surface area contributed by atoms with Crippen LogP contribution in [0.5, 0.6) is 0 Å². The predicted molar refractivity (Wildman–Crippen MR) is 79.2 cm³/mol. The highest BCUT2D eigenvalue weighted by atomic mass is 15.2. The largest absolute Gasteiger partial charge is 0.369 e. The minimum Gasteiger partial charge on any atom is -0.369 e. The molecule has 18 heavy (non-hydrogen) atoms. The lowest BCUT2D eigenvalue weighted by Crippen LogP contribution is -2.29. The molecule has 100 valence electrons. The van der Waals surface area contributed by atoms with E-state index in [2.05, 4.69) is 56.1 Å². The second-order valence-corrected chi connectivity index (χ2v) is 5.85. The summed E-state index contributed by atoms with van der Waals surface area (Å²) in [5.74, 6) is 0. The van der Waals surface area contributed by atoms with Crippen LogP contribution in [0, 0.1) is 6.92 Å². The highest BCUT2D eigenvalue weighted by Crippen LogP contribution is 2.29. The fourth-order valence-electron chi connectivity index (χ4n) is 2.74. The number of rotatable bonds is 4. The van der Waals surface area contributed by atoms with Crippen molar-refractivity contribution >= 4 is 5.69 Å². The van der Waals surface area contributed by atoms with Gasteiger partial charge < -0.3 is 10.2 Å². The first kappa shape index (κ1) is 13.4. The number of benzene rings is 1. The van der Waals surface area contributed by atoms with Gasteiger partial charge in [0, 0.05) is 30.9 Å². The predicted octanol–water partition coefficient (Wildman–Crippen LogP) is 3.48. The molecule has 0 aliphatic carbocycles. The lowest BCUT2D eigenvalue weighted by atomic mass is 10.1. The van der Waals surface area contributed by atoms with Crippen molar-refractivity contribution in [1.82, 2.24) is 5.32 Å². The van der Waals surface area contributed by atoms with E-state index in [-0.39, 0.29) is 0 Å². The van der Waals surface area contributed by atoms with Crippen molar-refractivity contribution in [3.8, 4) is 0 Å². The lowest BCUT2D eigenvalue weighted by Gasteiger charge is -2.27. The number of hydrogen-bond acceptors (Lipinski definition) is 2. The molecule has 2 nitrogen and oxygen atoms in total. The Labute approximate surface area is 111 Å². The second kappa shape index (κ2) is 5.75. The standard InChI is InChI=1S/C16H26N2/c1-12(2)17-11-15-10-13(3)7-8-16(15)18-9-5-6-14(18)4/h7-8,10,12,14,17H,5-6,9,11H2,1-4H3. The van der Waals surface area contributed by atoms with Crippen LogP contribution in [0.2, 0.25) is 0 Å². The molecule has 1 fully saturated rings. The molecule has 0 aromatic heterocycles. The van der Waals surface area contributed by atoms with Crippen molar-refractivity contribution in [1.29, 1.82) is 0 Å². The van der Waals surface area contributed by atoms with Gasteiger partial charge in [0.15, 0.2) is 0 Å². The molecule has 2 heteroatoms. The average Bonchev–Trinajstić information content (AvgIpc) is 2.73. The summed E-state index contributed by atoms with van der Waals surface area (Å²) in [7, 11) is 0. The Hall–Kier alpha value is -1.02. The third kappa shape index (κ3) is 3.05. The van der Waals surface area contributed by atoms with E-state index < -0.39 is 0 Å². The molecule has 1 N–H and O–H groups in total. The zero-order valence-corrected chi connectivity index (χ0v) is 12.2. The molecule has 0 saturated carbocycles. The van der Waals surface area contributed by atoms with Gasteiger partial charge in [-0.15, -0.1) is 0 Å². The molecule has 1 aliphatic rings. The van der Waals surface area contributed by atoms with Crippen LogP contribution in [0.4, 0.5) is 5.69 Å². The summed E-state index contributed by atoms with van der Waals surface area (Å²) in [6, 6.07) is 8.09. The van der Waals surface area contributed by atoms with Crippen molar-refractivity contribution in [2.45, 2.75) is 59.2 Å². The third-order valence-electron chi connectivity index (χ3n) is 3.80. The van der Waals surface area contributed by atoms with Gasteiger partial charge in [0.2, 0.25) is 0 Å². The molecule has 0 spiro atoms. The van der Waals surface area contributed by atoms with E-state index in [1.54, 1.807) is 0 Å². The number of hydrogen-bond donors (Lipinski definition) is 1. The lowest BCUT2D eigenvalue weighted by molar-refractivity contribution is 0.587. The molecule has 1 atom stereocenters. The fraction of sp³-hybridized carbons (Fsp3) is 0.625. The van der Waals surface area contributed by atoms with Crippen LogP contribution in [-0.4, -0.2) is 18.6 Å². The van der Waals surface area contributed by atoms with E-state index in [0.717, 1.165) is 6.54 Å². The molecule has 2 rings (SSSR count). The maximum atomic E-state index is 3.54. The van der Waals surface area contributed by atoms with Crippen molar-refractivity contribution in [2.75, 3.05) is 11.4 Å². The maximum absolute atomic E-state index is 3.54. The Kier molecular flexibility index (Phi) is 4.28. The van der Waals surface area contributed by atoms with E-state index in [0.29, 0.717) is 12.1 Å². The van der Waals surface area contributed by atoms with E-state index in [1.807, 2.05) is 0 Å². The first-order valence-electron chi connectivity index (χ1n) is 7.17. The molecule has 1 aromatic carbocycles. The summed E-state index contributed by atoms with van der Waals surface area (Å²) < 4.78 is 0. The molecule has 0 bridgehead atoms. The highest BCUT2D eigenvalue weighted by molar-refractivity contribution is 5.56. The van der Waals surface area contributed by atoms with Gasteiger partial charge in [0.05, 0.1) is 0 Å². The van der Waals surface area contributed by atoms with Gasteiger partial charge in [-0.1, -0.05) is 31.5 Å². The molecule has 1 unspecified atom stereocenters. The summed E-state index contributed by atoms with van der Waals surface area (Å²) in [6.45, 7) is 11.1. The van der Waals surface area contributed by atoms with Crippen LogP contribution in [0.25, 0.3) is 0 Å². The van der Waals surface area contributed by atoms with Gasteiger partial charge in [-0.25, -0.2) is 0 Å². The number of nitrogens with one attached hydrogen (secondary N) is 1. The summed E-state index contributed by atoms with van der Waals surface area (Å²) in [4.78, 5) is 2.57. The molecule has 1 aromatic rings. The first-order valence-corrected chi connectivity index (χ1v) is 7.17. The van der Waals surface area contributed by atoms with Crippen molar-refractivity contribution in [3.63, 3.8) is 0 Å². The minimum absolute atomic E-state index is 0.536. The molecular formula is C16H26N2. The van der Waals surface area contributed by atoms with Gasteiger partial charge in [-0.05, 0) is 38.3 Å². The topological polar surface area (TPSA) is 15.3 Å². The van der Waals surface area contributed by atoms with Crippen LogP contribution >= 0.6 is 0 Å². The Balaban J connectivity index is 2.22. The smallest absolute Gasteiger partial charge is 0.0414 e. The van der Waals surface area contributed by atoms with Crippen molar-refractivity contribution in [2.24, 2.45) is 0 Å². The molecule has 0 radical (unpaired) electrons. The van der Waals surface area contributed by atoms with Crippen molar-refractivity contribution < 1.29 is 0 Å². The normalized spacial score (nSPS) is 19.8. The maximum Gasteiger partial charge on any atom is 0.0414 e. The average molecular weight is 246 g/mol. The number of aryl methyl sites for hydroxylation is 1. The van der Waals surface area contributed by atoms with Crippen LogP contribution < -0.4 is 10.2 Å². The van der Waals surface area contributed by atoms with Crippen LogP contribution in [0.15, 0.2) is 18.2 Å². The van der Waals surface area contributed by atoms with Crippen LogP contribution in [0.3, 0.4) is 0 Å². The summed E-state index contributed by atoms with van der Waals surface area (Å²) >= 11 is 0. The van der Waals surface area contributed by atoms with Gasteiger partial charge in [0.25, 0.3) is 0 Å². The SMILES string of the molecule is Cc1ccc(N2CCCC2C)c(CNC(C)C)c1. The monoisotopic (exact) mass is 246 g/mol. The quantitative estimate of drug-likeness (QED) is 0.875. The Morgan fingerprint density at radius 1 is 1.39 bits per heavy atom. The Morgan fingerprint density at radius 3 is 2.78 bits per heavy atom. The molecular weight excluding hydrogens is 220 g/mol. The molecule has 1 saturated heterocycles. The molecule has 0 amide bonds. The Morgan fingerprint density at radius 2 is 2.17 bits per heavy atom. The second-order valence-electron chi connectivity index (χ2n) is 5.85. The van der Waals surface area contributed by atoms with Gasteiger partial charge >= 0.3 is 0 Å². The zero-order chi connectivity index (χ0) is 13.1. The van der Waals surface area contributed by atoms with E-state index in [1.165, 1.54) is 36.2 Å². The van der Waals surface area contributed by atoms with Crippen LogP contribution in [-0.2, 0) is 6.54 Å². The third-order valence-corrected chi connectivity index (χ3v) is 3.80. The van der Waals surface area contributed by atoms with E-state index >= 15 is 0 Å². The minimum atomic E-state index is 0.536. The first-order chi connectivity index (χ1) is 8.58. The molecule has 1 heterocycles. The van der Waals surface area contributed by atoms with E-state index in [4.69, 9.17) is 0 Å². The zero-order valence-electron chi connectivity index (χ0n) is 12.2. The number of anilines is 1. The van der Waals surface area contributed by atoms with Gasteiger partial charge in [0.1, 0.15) is 0 Å². The number of nitrogens with zero attached hydrogens (tertiary/aromatic N) is 1.